The fourth-order valence-corrected chi connectivity index (χ4v) is 3.41. The van der Waals surface area contributed by atoms with Crippen molar-refractivity contribution < 1.29 is 0 Å². The van der Waals surface area contributed by atoms with Crippen LogP contribution in [0.5, 0.6) is 0 Å². The third-order valence-corrected chi connectivity index (χ3v) is 4.34. The van der Waals surface area contributed by atoms with E-state index in [1.165, 1.54) is 5.56 Å². The first-order chi connectivity index (χ1) is 12.0. The second kappa shape index (κ2) is 6.08. The van der Waals surface area contributed by atoms with Gasteiger partial charge in [-0.1, -0.05) is 39.0 Å². The Bertz CT molecular complexity index is 913. The molecule has 0 unspecified atom stereocenters. The average molecular weight is 333 g/mol. The molecule has 1 aromatic carbocycles. The van der Waals surface area contributed by atoms with Gasteiger partial charge in [-0.2, -0.15) is 0 Å². The van der Waals surface area contributed by atoms with Gasteiger partial charge in [0.25, 0.3) is 0 Å². The third kappa shape index (κ3) is 3.46. The quantitative estimate of drug-likeness (QED) is 0.781. The topological polar surface area (TPSA) is 53.9 Å². The van der Waals surface area contributed by atoms with E-state index in [4.69, 9.17) is 0 Å². The number of fused-ring (bicyclic) bond motifs is 2. The van der Waals surface area contributed by atoms with E-state index in [1.807, 2.05) is 24.4 Å². The number of nitrogens with zero attached hydrogens (tertiary/aromatic N) is 4. The Kier molecular flexibility index (Phi) is 3.88. The summed E-state index contributed by atoms with van der Waals surface area (Å²) < 4.78 is 0. The Labute approximate surface area is 148 Å². The van der Waals surface area contributed by atoms with Gasteiger partial charge in [0, 0.05) is 30.6 Å². The molecule has 0 atom stereocenters. The lowest BCUT2D eigenvalue weighted by Gasteiger charge is -2.25. The molecule has 0 saturated carbocycles. The Morgan fingerprint density at radius 2 is 1.92 bits per heavy atom. The molecule has 0 radical (unpaired) electrons. The highest BCUT2D eigenvalue weighted by Crippen LogP contribution is 2.30. The van der Waals surface area contributed by atoms with E-state index < -0.39 is 0 Å². The highest BCUT2D eigenvalue weighted by Gasteiger charge is 2.27. The van der Waals surface area contributed by atoms with Crippen LogP contribution in [0.3, 0.4) is 0 Å². The summed E-state index contributed by atoms with van der Waals surface area (Å²) in [6.45, 7) is 9.61. The summed E-state index contributed by atoms with van der Waals surface area (Å²) >= 11 is 0. The number of anilines is 2. The van der Waals surface area contributed by atoms with E-state index in [2.05, 4.69) is 58.1 Å². The Balaban J connectivity index is 1.59. The zero-order chi connectivity index (χ0) is 17.4. The fourth-order valence-electron chi connectivity index (χ4n) is 3.41. The first-order valence-corrected chi connectivity index (χ1v) is 8.65. The van der Waals surface area contributed by atoms with E-state index in [1.54, 1.807) is 6.33 Å². The van der Waals surface area contributed by atoms with E-state index in [0.717, 1.165) is 47.7 Å². The van der Waals surface area contributed by atoms with Crippen LogP contribution in [-0.4, -0.2) is 26.4 Å². The Morgan fingerprint density at radius 3 is 2.76 bits per heavy atom. The van der Waals surface area contributed by atoms with E-state index in [9.17, 15) is 0 Å². The Hall–Kier alpha value is -2.53. The molecule has 2 aromatic heterocycles. The molecule has 0 spiro atoms. The van der Waals surface area contributed by atoms with Gasteiger partial charge in [-0.15, -0.1) is 0 Å². The summed E-state index contributed by atoms with van der Waals surface area (Å²) in [4.78, 5) is 15.9. The van der Waals surface area contributed by atoms with Gasteiger partial charge < -0.3 is 5.32 Å². The van der Waals surface area contributed by atoms with Gasteiger partial charge in [0.2, 0.25) is 0 Å². The predicted molar refractivity (Wildman–Crippen MR) is 101 cm³/mol. The monoisotopic (exact) mass is 333 g/mol. The lowest BCUT2D eigenvalue weighted by molar-refractivity contribution is 0.193. The molecular formula is C20H23N5. The minimum atomic E-state index is 0.269. The molecule has 3 aromatic rings. The number of pyridine rings is 1. The van der Waals surface area contributed by atoms with Gasteiger partial charge in [-0.25, -0.2) is 9.97 Å². The Morgan fingerprint density at radius 1 is 1.08 bits per heavy atom. The number of benzene rings is 1. The largest absolute Gasteiger partial charge is 0.339 e. The zero-order valence-electron chi connectivity index (χ0n) is 15.0. The van der Waals surface area contributed by atoms with Crippen molar-refractivity contribution in [3.05, 3.63) is 54.1 Å². The normalized spacial score (nSPS) is 14.7. The number of para-hydroxylation sites is 1. The van der Waals surface area contributed by atoms with Crippen LogP contribution < -0.4 is 5.32 Å². The van der Waals surface area contributed by atoms with Gasteiger partial charge in [0.1, 0.15) is 12.1 Å². The van der Waals surface area contributed by atoms with Gasteiger partial charge in [0.05, 0.1) is 23.1 Å². The predicted octanol–water partition coefficient (Wildman–Crippen LogP) is 4.13. The molecule has 0 aliphatic carbocycles. The van der Waals surface area contributed by atoms with Gasteiger partial charge in [-0.05, 0) is 17.5 Å². The van der Waals surface area contributed by atoms with Crippen molar-refractivity contribution in [1.82, 2.24) is 19.9 Å². The first-order valence-electron chi connectivity index (χ1n) is 8.65. The lowest BCUT2D eigenvalue weighted by Crippen LogP contribution is -2.28. The highest BCUT2D eigenvalue weighted by atomic mass is 15.2. The molecule has 25 heavy (non-hydrogen) atoms. The molecular weight excluding hydrogens is 310 g/mol. The van der Waals surface area contributed by atoms with Crippen molar-refractivity contribution in [3.8, 4) is 0 Å². The summed E-state index contributed by atoms with van der Waals surface area (Å²) in [5.74, 6) is 0.887. The van der Waals surface area contributed by atoms with Crippen LogP contribution in [0.4, 0.5) is 11.5 Å². The zero-order valence-corrected chi connectivity index (χ0v) is 15.0. The van der Waals surface area contributed by atoms with Crippen LogP contribution in [0.25, 0.3) is 10.9 Å². The molecule has 3 heterocycles. The summed E-state index contributed by atoms with van der Waals surface area (Å²) in [7, 11) is 0. The molecule has 4 rings (SSSR count). The maximum atomic E-state index is 4.52. The molecule has 1 aliphatic rings. The number of aromatic nitrogens is 3. The van der Waals surface area contributed by atoms with Crippen LogP contribution in [0.1, 0.15) is 32.0 Å². The van der Waals surface area contributed by atoms with Crippen molar-refractivity contribution in [2.45, 2.75) is 33.9 Å². The fraction of sp³-hybridized carbons (Fsp3) is 0.350. The van der Waals surface area contributed by atoms with E-state index in [0.29, 0.717) is 0 Å². The molecule has 128 valence electrons. The first kappa shape index (κ1) is 16.0. The van der Waals surface area contributed by atoms with Crippen LogP contribution in [-0.2, 0) is 13.1 Å². The van der Waals surface area contributed by atoms with E-state index in [-0.39, 0.29) is 5.41 Å². The molecule has 1 aliphatic heterocycles. The standard InChI is InChI=1S/C20H23N5/c1-20(2,3)12-25-10-16-18(11-25)22-13-23-19(16)24-15-8-14-6-4-5-7-17(14)21-9-15/h4-9,13H,10-12H2,1-3H3,(H,22,23,24). The number of hydrogen-bond donors (Lipinski definition) is 1. The van der Waals surface area contributed by atoms with Gasteiger partial charge in [-0.3, -0.25) is 9.88 Å². The summed E-state index contributed by atoms with van der Waals surface area (Å²) in [6.07, 6.45) is 3.51. The third-order valence-electron chi connectivity index (χ3n) is 4.34. The number of hydrogen-bond acceptors (Lipinski definition) is 5. The maximum Gasteiger partial charge on any atom is 0.138 e. The maximum absolute atomic E-state index is 4.52. The number of rotatable bonds is 3. The van der Waals surface area contributed by atoms with Crippen molar-refractivity contribution >= 4 is 22.4 Å². The van der Waals surface area contributed by atoms with Crippen LogP contribution in [0, 0.1) is 5.41 Å². The summed E-state index contributed by atoms with van der Waals surface area (Å²) in [5, 5.41) is 4.56. The molecule has 5 heteroatoms. The minimum absolute atomic E-state index is 0.269. The lowest BCUT2D eigenvalue weighted by atomic mass is 9.96. The molecule has 0 amide bonds. The molecule has 0 bridgehead atoms. The van der Waals surface area contributed by atoms with Gasteiger partial charge >= 0.3 is 0 Å². The molecule has 1 N–H and O–H groups in total. The van der Waals surface area contributed by atoms with Crippen molar-refractivity contribution in [2.75, 3.05) is 11.9 Å². The number of nitrogens with one attached hydrogen (secondary N) is 1. The van der Waals surface area contributed by atoms with Crippen LogP contribution in [0.15, 0.2) is 42.9 Å². The van der Waals surface area contributed by atoms with Crippen LogP contribution >= 0.6 is 0 Å². The molecule has 0 fully saturated rings. The van der Waals surface area contributed by atoms with Gasteiger partial charge in [0.15, 0.2) is 0 Å². The summed E-state index contributed by atoms with van der Waals surface area (Å²) in [5.41, 5.74) is 4.53. The highest BCUT2D eigenvalue weighted by molar-refractivity contribution is 5.82. The molecule has 5 nitrogen and oxygen atoms in total. The van der Waals surface area contributed by atoms with Crippen molar-refractivity contribution in [1.29, 1.82) is 0 Å². The second-order valence-electron chi connectivity index (χ2n) is 7.90. The minimum Gasteiger partial charge on any atom is -0.339 e. The average Bonchev–Trinajstić information content (AvgIpc) is 2.96. The second-order valence-corrected chi connectivity index (χ2v) is 7.90. The van der Waals surface area contributed by atoms with Crippen molar-refractivity contribution in [3.63, 3.8) is 0 Å². The van der Waals surface area contributed by atoms with Crippen LogP contribution in [0.2, 0.25) is 0 Å². The molecule has 0 saturated heterocycles. The SMILES string of the molecule is CC(C)(C)CN1Cc2ncnc(Nc3cnc4ccccc4c3)c2C1. The van der Waals surface area contributed by atoms with Crippen molar-refractivity contribution in [2.24, 2.45) is 5.41 Å². The smallest absolute Gasteiger partial charge is 0.138 e. The van der Waals surface area contributed by atoms with E-state index >= 15 is 0 Å². The summed E-state index contributed by atoms with van der Waals surface area (Å²) in [6, 6.07) is 10.2.